The largest absolute Gasteiger partial charge is 0.491 e. The fraction of sp³-hybridized carbons (Fsp3) is 0.412. The molecule has 0 saturated carbocycles. The summed E-state index contributed by atoms with van der Waals surface area (Å²) in [6.45, 7) is 5.58. The Labute approximate surface area is 146 Å². The lowest BCUT2D eigenvalue weighted by Gasteiger charge is -2.29. The van der Waals surface area contributed by atoms with Crippen LogP contribution in [0.2, 0.25) is 0 Å². The van der Waals surface area contributed by atoms with Crippen LogP contribution >= 0.6 is 11.6 Å². The van der Waals surface area contributed by atoms with Gasteiger partial charge in [0.2, 0.25) is 0 Å². The number of para-hydroxylation sites is 1. The van der Waals surface area contributed by atoms with E-state index in [2.05, 4.69) is 10.6 Å². The molecular weight excluding hydrogens is 332 g/mol. The molecule has 6 nitrogen and oxygen atoms in total. The van der Waals surface area contributed by atoms with Crippen LogP contribution in [0.5, 0.6) is 5.75 Å². The topological polar surface area (TPSA) is 76.7 Å². The lowest BCUT2D eigenvalue weighted by Crippen LogP contribution is -2.45. The van der Waals surface area contributed by atoms with E-state index in [1.807, 2.05) is 32.0 Å². The van der Waals surface area contributed by atoms with Gasteiger partial charge >= 0.3 is 12.0 Å². The van der Waals surface area contributed by atoms with Crippen molar-refractivity contribution in [2.24, 2.45) is 0 Å². The number of nitrogens with one attached hydrogen (secondary N) is 2. The molecule has 1 aliphatic heterocycles. The van der Waals surface area contributed by atoms with Crippen molar-refractivity contribution in [1.82, 2.24) is 10.6 Å². The Morgan fingerprint density at radius 2 is 2.04 bits per heavy atom. The van der Waals surface area contributed by atoms with E-state index in [1.54, 1.807) is 13.0 Å². The lowest BCUT2D eigenvalue weighted by atomic mass is 9.95. The second-order valence-corrected chi connectivity index (χ2v) is 5.98. The van der Waals surface area contributed by atoms with Crippen molar-refractivity contribution in [3.05, 3.63) is 41.1 Å². The highest BCUT2D eigenvalue weighted by Gasteiger charge is 2.33. The van der Waals surface area contributed by atoms with Crippen LogP contribution < -0.4 is 15.4 Å². The molecule has 1 aromatic carbocycles. The van der Waals surface area contributed by atoms with E-state index in [9.17, 15) is 9.59 Å². The SMILES string of the molecule is CC1=C(C(=O)OCCCl)C(c2ccccc2OC(C)C)NC(=O)N1. The van der Waals surface area contributed by atoms with Crippen molar-refractivity contribution in [3.8, 4) is 5.75 Å². The maximum atomic E-state index is 12.4. The van der Waals surface area contributed by atoms with E-state index < -0.39 is 12.0 Å². The van der Waals surface area contributed by atoms with Crippen LogP contribution in [-0.4, -0.2) is 30.6 Å². The van der Waals surface area contributed by atoms with Crippen LogP contribution in [0.25, 0.3) is 0 Å². The number of carbonyl (C=O) groups is 2. The van der Waals surface area contributed by atoms with E-state index in [4.69, 9.17) is 21.1 Å². The van der Waals surface area contributed by atoms with Gasteiger partial charge in [0, 0.05) is 11.3 Å². The molecule has 1 aliphatic rings. The number of esters is 1. The van der Waals surface area contributed by atoms with Crippen molar-refractivity contribution in [3.63, 3.8) is 0 Å². The molecular formula is C17H21ClN2O4. The van der Waals surface area contributed by atoms with Crippen molar-refractivity contribution < 1.29 is 19.1 Å². The number of benzene rings is 1. The summed E-state index contributed by atoms with van der Waals surface area (Å²) in [7, 11) is 0. The van der Waals surface area contributed by atoms with Crippen LogP contribution in [0, 0.1) is 0 Å². The molecule has 0 fully saturated rings. The minimum atomic E-state index is -0.656. The smallest absolute Gasteiger partial charge is 0.338 e. The number of halogens is 1. The Morgan fingerprint density at radius 1 is 1.33 bits per heavy atom. The number of amides is 2. The number of ether oxygens (including phenoxy) is 2. The van der Waals surface area contributed by atoms with Gasteiger partial charge in [-0.1, -0.05) is 18.2 Å². The molecule has 0 saturated heterocycles. The summed E-state index contributed by atoms with van der Waals surface area (Å²) in [6.07, 6.45) is -0.0414. The van der Waals surface area contributed by atoms with E-state index in [1.165, 1.54) is 0 Å². The zero-order valence-electron chi connectivity index (χ0n) is 13.9. The van der Waals surface area contributed by atoms with Gasteiger partial charge in [-0.2, -0.15) is 0 Å². The Hall–Kier alpha value is -2.21. The number of rotatable bonds is 6. The van der Waals surface area contributed by atoms with Crippen molar-refractivity contribution in [2.75, 3.05) is 12.5 Å². The fourth-order valence-corrected chi connectivity index (χ4v) is 2.56. The highest BCUT2D eigenvalue weighted by molar-refractivity contribution is 6.18. The third-order valence-electron chi connectivity index (χ3n) is 3.39. The van der Waals surface area contributed by atoms with Crippen LogP contribution in [0.15, 0.2) is 35.5 Å². The molecule has 130 valence electrons. The highest BCUT2D eigenvalue weighted by Crippen LogP contribution is 2.33. The monoisotopic (exact) mass is 352 g/mol. The standard InChI is InChI=1S/C17H21ClN2O4/c1-10(2)24-13-7-5-4-6-12(13)15-14(16(21)23-9-8-18)11(3)19-17(22)20-15/h4-7,10,15H,8-9H2,1-3H3,(H2,19,20,22). The second-order valence-electron chi connectivity index (χ2n) is 5.60. The summed E-state index contributed by atoms with van der Waals surface area (Å²) >= 11 is 5.58. The minimum Gasteiger partial charge on any atom is -0.491 e. The molecule has 0 spiro atoms. The molecule has 24 heavy (non-hydrogen) atoms. The molecule has 1 aromatic rings. The lowest BCUT2D eigenvalue weighted by molar-refractivity contribution is -0.139. The Bertz CT molecular complexity index is 658. The van der Waals surface area contributed by atoms with E-state index in [-0.39, 0.29) is 24.6 Å². The average Bonchev–Trinajstić information content (AvgIpc) is 2.51. The van der Waals surface area contributed by atoms with Crippen LogP contribution in [0.4, 0.5) is 4.79 Å². The van der Waals surface area contributed by atoms with Gasteiger partial charge in [-0.05, 0) is 26.8 Å². The van der Waals surface area contributed by atoms with Gasteiger partial charge in [0.15, 0.2) is 0 Å². The normalized spacial score (nSPS) is 17.4. The first-order valence-corrected chi connectivity index (χ1v) is 8.24. The molecule has 2 rings (SSSR count). The summed E-state index contributed by atoms with van der Waals surface area (Å²) in [6, 6.07) is 6.25. The van der Waals surface area contributed by atoms with Crippen LogP contribution in [0.3, 0.4) is 0 Å². The third-order valence-corrected chi connectivity index (χ3v) is 3.55. The van der Waals surface area contributed by atoms with E-state index >= 15 is 0 Å². The third kappa shape index (κ3) is 4.20. The Kier molecular flexibility index (Phi) is 6.09. The molecule has 0 aliphatic carbocycles. The maximum absolute atomic E-state index is 12.4. The molecule has 0 bridgehead atoms. The molecule has 2 N–H and O–H groups in total. The molecule has 1 heterocycles. The Morgan fingerprint density at radius 3 is 2.71 bits per heavy atom. The maximum Gasteiger partial charge on any atom is 0.338 e. The van der Waals surface area contributed by atoms with Gasteiger partial charge in [0.25, 0.3) is 0 Å². The zero-order valence-corrected chi connectivity index (χ0v) is 14.6. The first kappa shape index (κ1) is 18.1. The molecule has 7 heteroatoms. The van der Waals surface area contributed by atoms with Crippen molar-refractivity contribution in [1.29, 1.82) is 0 Å². The quantitative estimate of drug-likeness (QED) is 0.609. The first-order chi connectivity index (χ1) is 11.4. The zero-order chi connectivity index (χ0) is 17.7. The van der Waals surface area contributed by atoms with Gasteiger partial charge in [0.1, 0.15) is 12.4 Å². The number of carbonyl (C=O) groups excluding carboxylic acids is 2. The molecule has 0 aromatic heterocycles. The van der Waals surface area contributed by atoms with Gasteiger partial charge in [-0.25, -0.2) is 9.59 Å². The predicted octanol–water partition coefficient (Wildman–Crippen LogP) is 2.88. The molecule has 2 amide bonds. The van der Waals surface area contributed by atoms with E-state index in [0.29, 0.717) is 22.6 Å². The summed E-state index contributed by atoms with van der Waals surface area (Å²) in [5.41, 5.74) is 1.47. The molecule has 0 radical (unpaired) electrons. The first-order valence-electron chi connectivity index (χ1n) is 7.71. The van der Waals surface area contributed by atoms with Gasteiger partial charge in [-0.3, -0.25) is 0 Å². The minimum absolute atomic E-state index is 0.0414. The van der Waals surface area contributed by atoms with Gasteiger partial charge in [0.05, 0.1) is 23.6 Å². The van der Waals surface area contributed by atoms with Crippen molar-refractivity contribution in [2.45, 2.75) is 32.9 Å². The van der Waals surface area contributed by atoms with E-state index in [0.717, 1.165) is 0 Å². The second kappa shape index (κ2) is 8.06. The van der Waals surface area contributed by atoms with Gasteiger partial charge < -0.3 is 20.1 Å². The number of alkyl halides is 1. The molecule has 1 unspecified atom stereocenters. The fourth-order valence-electron chi connectivity index (χ4n) is 2.49. The summed E-state index contributed by atoms with van der Waals surface area (Å²) in [5.74, 6) is 0.287. The summed E-state index contributed by atoms with van der Waals surface area (Å²) in [5, 5.41) is 5.36. The Balaban J connectivity index is 2.44. The summed E-state index contributed by atoms with van der Waals surface area (Å²) in [4.78, 5) is 24.3. The number of hydrogen-bond donors (Lipinski definition) is 2. The van der Waals surface area contributed by atoms with Crippen LogP contribution in [-0.2, 0) is 9.53 Å². The average molecular weight is 353 g/mol. The highest BCUT2D eigenvalue weighted by atomic mass is 35.5. The number of hydrogen-bond acceptors (Lipinski definition) is 4. The van der Waals surface area contributed by atoms with Crippen LogP contribution in [0.1, 0.15) is 32.4 Å². The summed E-state index contributed by atoms with van der Waals surface area (Å²) < 4.78 is 11.0. The predicted molar refractivity (Wildman–Crippen MR) is 91.0 cm³/mol. The molecule has 1 atom stereocenters. The number of allylic oxidation sites excluding steroid dienone is 1. The number of urea groups is 1. The van der Waals surface area contributed by atoms with Crippen molar-refractivity contribution >= 4 is 23.6 Å². The van der Waals surface area contributed by atoms with Gasteiger partial charge in [-0.15, -0.1) is 11.6 Å².